The quantitative estimate of drug-likeness (QED) is 0.713. The lowest BCUT2D eigenvalue weighted by Gasteiger charge is -2.13. The molecule has 29 heavy (non-hydrogen) atoms. The third-order valence-corrected chi connectivity index (χ3v) is 10.5. The Bertz CT molecular complexity index is 1210. The Kier molecular flexibility index (Phi) is 5.81. The molecule has 1 fully saturated rings. The molecule has 0 aromatic heterocycles. The molecule has 1 aliphatic rings. The summed E-state index contributed by atoms with van der Waals surface area (Å²) in [6, 6.07) is 11.9. The number of rotatable bonds is 6. The number of nitrogens with one attached hydrogen (secondary N) is 1. The first-order valence-corrected chi connectivity index (χ1v) is 13.9. The number of hydrogen-bond donors (Lipinski definition) is 1. The lowest BCUT2D eigenvalue weighted by molar-refractivity contribution is 0.582. The van der Waals surface area contributed by atoms with Gasteiger partial charge < -0.3 is 0 Å². The van der Waals surface area contributed by atoms with Crippen LogP contribution >= 0.6 is 0 Å². The Morgan fingerprint density at radius 1 is 0.966 bits per heavy atom. The standard InChI is InChI=1S/C19H23NO6S3/c1-14(2)15-6-8-16(9-7-15)20-29(25,26)18-5-3-4-17(12-18)28(23,24)19-10-11-27(21,22)13-19/h3-9,12,14,19-20H,10-11,13H2,1-2H3/t19-/m1/s1. The van der Waals surface area contributed by atoms with E-state index in [1.54, 1.807) is 12.1 Å². The molecule has 3 rings (SSSR count). The Hall–Kier alpha value is -1.91. The average Bonchev–Trinajstić information content (AvgIpc) is 3.02. The number of sulfonamides is 1. The Balaban J connectivity index is 1.88. The molecule has 1 N–H and O–H groups in total. The molecule has 0 amide bonds. The van der Waals surface area contributed by atoms with Gasteiger partial charge in [0.05, 0.1) is 26.5 Å². The van der Waals surface area contributed by atoms with Crippen molar-refractivity contribution in [3.8, 4) is 0 Å². The van der Waals surface area contributed by atoms with Gasteiger partial charge in [0.15, 0.2) is 19.7 Å². The average molecular weight is 458 g/mol. The van der Waals surface area contributed by atoms with Gasteiger partial charge in [0, 0.05) is 5.69 Å². The summed E-state index contributed by atoms with van der Waals surface area (Å²) in [4.78, 5) is -0.398. The highest BCUT2D eigenvalue weighted by molar-refractivity contribution is 7.96. The van der Waals surface area contributed by atoms with E-state index in [1.165, 1.54) is 18.2 Å². The van der Waals surface area contributed by atoms with Crippen molar-refractivity contribution in [3.05, 3.63) is 54.1 Å². The Labute approximate surface area is 172 Å². The molecular formula is C19H23NO6S3. The summed E-state index contributed by atoms with van der Waals surface area (Å²) in [6.45, 7) is 4.06. The van der Waals surface area contributed by atoms with Gasteiger partial charge in [-0.05, 0) is 48.2 Å². The van der Waals surface area contributed by atoms with E-state index in [2.05, 4.69) is 4.72 Å². The van der Waals surface area contributed by atoms with Gasteiger partial charge >= 0.3 is 0 Å². The molecule has 158 valence electrons. The van der Waals surface area contributed by atoms with Crippen LogP contribution in [0.2, 0.25) is 0 Å². The lowest BCUT2D eigenvalue weighted by atomic mass is 10.0. The van der Waals surface area contributed by atoms with Gasteiger partial charge in [-0.15, -0.1) is 0 Å². The molecule has 1 aliphatic heterocycles. The lowest BCUT2D eigenvalue weighted by Crippen LogP contribution is -2.23. The van der Waals surface area contributed by atoms with Crippen molar-refractivity contribution >= 4 is 35.4 Å². The maximum Gasteiger partial charge on any atom is 0.261 e. The van der Waals surface area contributed by atoms with Gasteiger partial charge in [0.2, 0.25) is 0 Å². The normalized spacial score (nSPS) is 19.3. The molecule has 1 heterocycles. The molecular weight excluding hydrogens is 434 g/mol. The maximum absolute atomic E-state index is 12.8. The fraction of sp³-hybridized carbons (Fsp3) is 0.368. The highest BCUT2D eigenvalue weighted by Gasteiger charge is 2.38. The van der Waals surface area contributed by atoms with Crippen molar-refractivity contribution in [3.63, 3.8) is 0 Å². The topological polar surface area (TPSA) is 114 Å². The van der Waals surface area contributed by atoms with Crippen molar-refractivity contribution in [1.82, 2.24) is 0 Å². The second kappa shape index (κ2) is 7.73. The van der Waals surface area contributed by atoms with Gasteiger partial charge in [-0.3, -0.25) is 4.72 Å². The summed E-state index contributed by atoms with van der Waals surface area (Å²) in [6.07, 6.45) is 0.0160. The highest BCUT2D eigenvalue weighted by atomic mass is 32.2. The third-order valence-electron chi connectivity index (χ3n) is 4.90. The second-order valence-corrected chi connectivity index (χ2v) is 13.6. The first kappa shape index (κ1) is 21.8. The van der Waals surface area contributed by atoms with Crippen molar-refractivity contribution in [2.45, 2.75) is 41.2 Å². The molecule has 10 heteroatoms. The number of hydrogen-bond acceptors (Lipinski definition) is 6. The molecule has 0 radical (unpaired) electrons. The van der Waals surface area contributed by atoms with Gasteiger partial charge in [0.25, 0.3) is 10.0 Å². The molecule has 1 atom stereocenters. The Morgan fingerprint density at radius 2 is 1.59 bits per heavy atom. The predicted molar refractivity (Wildman–Crippen MR) is 112 cm³/mol. The molecule has 2 aromatic rings. The minimum Gasteiger partial charge on any atom is -0.280 e. The van der Waals surface area contributed by atoms with E-state index < -0.39 is 40.7 Å². The number of benzene rings is 2. The fourth-order valence-corrected chi connectivity index (χ4v) is 8.75. The largest absolute Gasteiger partial charge is 0.280 e. The molecule has 0 bridgehead atoms. The van der Waals surface area contributed by atoms with Crippen LogP contribution in [0.3, 0.4) is 0 Å². The van der Waals surface area contributed by atoms with E-state index in [0.29, 0.717) is 11.6 Å². The predicted octanol–water partition coefficient (Wildman–Crippen LogP) is 2.57. The van der Waals surface area contributed by atoms with Crippen LogP contribution in [0, 0.1) is 0 Å². The van der Waals surface area contributed by atoms with Gasteiger partial charge in [-0.25, -0.2) is 25.3 Å². The van der Waals surface area contributed by atoms with Crippen LogP contribution in [-0.2, 0) is 29.7 Å². The van der Waals surface area contributed by atoms with Crippen molar-refractivity contribution in [2.75, 3.05) is 16.2 Å². The van der Waals surface area contributed by atoms with Crippen LogP contribution in [0.4, 0.5) is 5.69 Å². The SMILES string of the molecule is CC(C)c1ccc(NS(=O)(=O)c2cccc(S(=O)(=O)[C@@H]3CCS(=O)(=O)C3)c2)cc1. The zero-order valence-corrected chi connectivity index (χ0v) is 18.5. The van der Waals surface area contributed by atoms with Crippen LogP contribution < -0.4 is 4.72 Å². The molecule has 0 unspecified atom stereocenters. The molecule has 0 aliphatic carbocycles. The summed E-state index contributed by atoms with van der Waals surface area (Å²) < 4.78 is 76.7. The van der Waals surface area contributed by atoms with Crippen LogP contribution in [0.5, 0.6) is 0 Å². The van der Waals surface area contributed by atoms with E-state index in [4.69, 9.17) is 0 Å². The highest BCUT2D eigenvalue weighted by Crippen LogP contribution is 2.27. The van der Waals surface area contributed by atoms with E-state index >= 15 is 0 Å². The second-order valence-electron chi connectivity index (χ2n) is 7.43. The zero-order chi connectivity index (χ0) is 21.4. The molecule has 0 saturated carbocycles. The first-order chi connectivity index (χ1) is 13.4. The first-order valence-electron chi connectivity index (χ1n) is 9.08. The van der Waals surface area contributed by atoms with E-state index in [0.717, 1.165) is 11.6 Å². The number of anilines is 1. The van der Waals surface area contributed by atoms with Gasteiger partial charge in [-0.2, -0.15) is 0 Å². The number of sulfone groups is 2. The molecule has 0 spiro atoms. The van der Waals surface area contributed by atoms with E-state index in [9.17, 15) is 25.3 Å². The van der Waals surface area contributed by atoms with Gasteiger partial charge in [0.1, 0.15) is 0 Å². The molecule has 2 aromatic carbocycles. The summed E-state index contributed by atoms with van der Waals surface area (Å²) in [7, 11) is -11.3. The minimum atomic E-state index is -4.01. The van der Waals surface area contributed by atoms with E-state index in [-0.39, 0.29) is 22.0 Å². The molecule has 1 saturated heterocycles. The van der Waals surface area contributed by atoms with Gasteiger partial charge in [-0.1, -0.05) is 32.0 Å². The summed E-state index contributed by atoms with van der Waals surface area (Å²) in [5, 5.41) is -1.05. The molecule has 7 nitrogen and oxygen atoms in total. The fourth-order valence-electron chi connectivity index (χ4n) is 3.17. The van der Waals surface area contributed by atoms with Crippen LogP contribution in [0.1, 0.15) is 31.7 Å². The van der Waals surface area contributed by atoms with Crippen LogP contribution in [0.25, 0.3) is 0 Å². The Morgan fingerprint density at radius 3 is 2.14 bits per heavy atom. The summed E-state index contributed by atoms with van der Waals surface area (Å²) in [5.74, 6) is -0.308. The minimum absolute atomic E-state index is 0.0160. The summed E-state index contributed by atoms with van der Waals surface area (Å²) in [5.41, 5.74) is 1.43. The van der Waals surface area contributed by atoms with E-state index in [1.807, 2.05) is 26.0 Å². The van der Waals surface area contributed by atoms with Crippen LogP contribution in [-0.4, -0.2) is 42.0 Å². The van der Waals surface area contributed by atoms with Crippen molar-refractivity contribution < 1.29 is 25.3 Å². The van der Waals surface area contributed by atoms with Crippen molar-refractivity contribution in [2.24, 2.45) is 0 Å². The zero-order valence-electron chi connectivity index (χ0n) is 16.1. The van der Waals surface area contributed by atoms with Crippen molar-refractivity contribution in [1.29, 1.82) is 0 Å². The smallest absolute Gasteiger partial charge is 0.261 e. The summed E-state index contributed by atoms with van der Waals surface area (Å²) >= 11 is 0. The maximum atomic E-state index is 12.8. The van der Waals surface area contributed by atoms with Crippen LogP contribution in [0.15, 0.2) is 58.3 Å². The third kappa shape index (κ3) is 4.81. The monoisotopic (exact) mass is 457 g/mol.